The molecule has 1 N–H and O–H groups in total. The first-order chi connectivity index (χ1) is 14.7. The van der Waals surface area contributed by atoms with Gasteiger partial charge in [0, 0.05) is 5.56 Å². The van der Waals surface area contributed by atoms with Gasteiger partial charge in [0.05, 0.1) is 18.5 Å². The van der Waals surface area contributed by atoms with Crippen molar-refractivity contribution in [1.29, 1.82) is 5.26 Å². The summed E-state index contributed by atoms with van der Waals surface area (Å²) in [5.74, 6) is 0.407. The summed E-state index contributed by atoms with van der Waals surface area (Å²) in [4.78, 5) is 17.1. The summed E-state index contributed by atoms with van der Waals surface area (Å²) < 4.78 is 11.0. The number of nitrogens with one attached hydrogen (secondary N) is 1. The standard InChI is InChI=1S/C24H21N3O3/c1-29-21-13-6-5-12-20(21)26-22(28)15-30-24-19(14-25)17-10-7-11-18(17)23(27-24)16-8-3-2-4-9-16/h2-6,8-9,12-13H,7,10-11,15H2,1H3,(H,26,28). The average molecular weight is 399 g/mol. The second-order valence-electron chi connectivity index (χ2n) is 6.97. The lowest BCUT2D eigenvalue weighted by atomic mass is 9.99. The van der Waals surface area contributed by atoms with E-state index in [9.17, 15) is 10.1 Å². The average Bonchev–Trinajstić information content (AvgIpc) is 3.27. The number of hydrogen-bond acceptors (Lipinski definition) is 5. The monoisotopic (exact) mass is 399 g/mol. The van der Waals surface area contributed by atoms with Gasteiger partial charge >= 0.3 is 0 Å². The first-order valence-electron chi connectivity index (χ1n) is 9.78. The topological polar surface area (TPSA) is 84.2 Å². The van der Waals surface area contributed by atoms with Gasteiger partial charge in [-0.3, -0.25) is 4.79 Å². The van der Waals surface area contributed by atoms with E-state index in [1.807, 2.05) is 36.4 Å². The smallest absolute Gasteiger partial charge is 0.262 e. The lowest BCUT2D eigenvalue weighted by Gasteiger charge is -2.15. The number of fused-ring (bicyclic) bond motifs is 1. The highest BCUT2D eigenvalue weighted by Crippen LogP contribution is 2.37. The van der Waals surface area contributed by atoms with Crippen LogP contribution in [0.2, 0.25) is 0 Å². The van der Waals surface area contributed by atoms with E-state index in [0.717, 1.165) is 41.6 Å². The zero-order chi connectivity index (χ0) is 20.9. The number of ether oxygens (including phenoxy) is 2. The molecular formula is C24H21N3O3. The number of pyridine rings is 1. The Bertz CT molecular complexity index is 1120. The zero-order valence-corrected chi connectivity index (χ0v) is 16.6. The van der Waals surface area contributed by atoms with Crippen LogP contribution in [0.5, 0.6) is 11.6 Å². The van der Waals surface area contributed by atoms with Gasteiger partial charge in [-0.25, -0.2) is 4.98 Å². The molecule has 0 fully saturated rings. The molecule has 0 aliphatic heterocycles. The molecule has 1 amide bonds. The van der Waals surface area contributed by atoms with Gasteiger partial charge in [-0.15, -0.1) is 0 Å². The Hall–Kier alpha value is -3.85. The quantitative estimate of drug-likeness (QED) is 0.674. The first-order valence-corrected chi connectivity index (χ1v) is 9.78. The van der Waals surface area contributed by atoms with E-state index in [0.29, 0.717) is 17.0 Å². The molecule has 6 nitrogen and oxygen atoms in total. The number of methoxy groups -OCH3 is 1. The Balaban J connectivity index is 1.60. The molecule has 2 aromatic carbocycles. The molecule has 1 aliphatic rings. The van der Waals surface area contributed by atoms with E-state index in [1.165, 1.54) is 0 Å². The lowest BCUT2D eigenvalue weighted by Crippen LogP contribution is -2.21. The molecule has 30 heavy (non-hydrogen) atoms. The molecule has 1 aliphatic carbocycles. The Labute approximate surface area is 175 Å². The van der Waals surface area contributed by atoms with Crippen molar-refractivity contribution in [2.75, 3.05) is 19.0 Å². The molecule has 3 aromatic rings. The van der Waals surface area contributed by atoms with Crippen LogP contribution in [0.1, 0.15) is 23.1 Å². The van der Waals surface area contributed by atoms with Gasteiger partial charge in [0.2, 0.25) is 5.88 Å². The van der Waals surface area contributed by atoms with Crippen molar-refractivity contribution in [2.45, 2.75) is 19.3 Å². The van der Waals surface area contributed by atoms with E-state index < -0.39 is 0 Å². The maximum Gasteiger partial charge on any atom is 0.262 e. The number of amides is 1. The molecular weight excluding hydrogens is 378 g/mol. The number of hydrogen-bond donors (Lipinski definition) is 1. The summed E-state index contributed by atoms with van der Waals surface area (Å²) in [5.41, 5.74) is 4.86. The van der Waals surface area contributed by atoms with Gasteiger partial charge in [0.1, 0.15) is 17.4 Å². The second kappa shape index (κ2) is 8.66. The van der Waals surface area contributed by atoms with Crippen LogP contribution >= 0.6 is 0 Å². The van der Waals surface area contributed by atoms with Crippen molar-refractivity contribution in [3.8, 4) is 29.0 Å². The number of aromatic nitrogens is 1. The summed E-state index contributed by atoms with van der Waals surface area (Å²) >= 11 is 0. The van der Waals surface area contributed by atoms with Crippen molar-refractivity contribution in [2.24, 2.45) is 0 Å². The number of carbonyl (C=O) groups excluding carboxylic acids is 1. The number of para-hydroxylation sites is 2. The number of nitriles is 1. The Morgan fingerprint density at radius 3 is 2.60 bits per heavy atom. The van der Waals surface area contributed by atoms with E-state index in [2.05, 4.69) is 16.4 Å². The molecule has 0 bridgehead atoms. The number of anilines is 1. The number of carbonyl (C=O) groups is 1. The molecule has 1 heterocycles. The minimum absolute atomic E-state index is 0.201. The predicted molar refractivity (Wildman–Crippen MR) is 114 cm³/mol. The molecule has 0 unspecified atom stereocenters. The van der Waals surface area contributed by atoms with Crippen molar-refractivity contribution in [3.05, 3.63) is 71.3 Å². The van der Waals surface area contributed by atoms with Gasteiger partial charge < -0.3 is 14.8 Å². The Morgan fingerprint density at radius 1 is 1.10 bits per heavy atom. The third kappa shape index (κ3) is 3.83. The molecule has 0 saturated heterocycles. The Morgan fingerprint density at radius 2 is 1.83 bits per heavy atom. The molecule has 0 radical (unpaired) electrons. The fourth-order valence-electron chi connectivity index (χ4n) is 3.76. The van der Waals surface area contributed by atoms with E-state index >= 15 is 0 Å². The predicted octanol–water partition coefficient (Wildman–Crippen LogP) is 4.14. The molecule has 1 aromatic heterocycles. The highest BCUT2D eigenvalue weighted by molar-refractivity contribution is 5.93. The van der Waals surface area contributed by atoms with Gasteiger partial charge in [0.25, 0.3) is 5.91 Å². The Kier molecular flexibility index (Phi) is 5.62. The van der Waals surface area contributed by atoms with Crippen molar-refractivity contribution in [1.82, 2.24) is 4.98 Å². The molecule has 0 atom stereocenters. The van der Waals surface area contributed by atoms with Crippen LogP contribution in [-0.2, 0) is 17.6 Å². The summed E-state index contributed by atoms with van der Waals surface area (Å²) in [6.07, 6.45) is 2.67. The van der Waals surface area contributed by atoms with Crippen LogP contribution in [0.3, 0.4) is 0 Å². The largest absolute Gasteiger partial charge is 0.495 e. The van der Waals surface area contributed by atoms with Gasteiger partial charge in [-0.1, -0.05) is 42.5 Å². The summed E-state index contributed by atoms with van der Waals surface area (Å²) in [6, 6.07) is 19.2. The van der Waals surface area contributed by atoms with Gasteiger partial charge in [-0.05, 0) is 42.5 Å². The number of benzene rings is 2. The zero-order valence-electron chi connectivity index (χ0n) is 16.6. The van der Waals surface area contributed by atoms with Crippen LogP contribution in [0.15, 0.2) is 54.6 Å². The van der Waals surface area contributed by atoms with Crippen LogP contribution in [0.4, 0.5) is 5.69 Å². The molecule has 6 heteroatoms. The molecule has 0 spiro atoms. The maximum atomic E-state index is 12.4. The molecule has 0 saturated carbocycles. The van der Waals surface area contributed by atoms with Crippen LogP contribution in [0, 0.1) is 11.3 Å². The van der Waals surface area contributed by atoms with Crippen LogP contribution in [0.25, 0.3) is 11.3 Å². The normalized spacial score (nSPS) is 12.0. The van der Waals surface area contributed by atoms with E-state index in [1.54, 1.807) is 25.3 Å². The SMILES string of the molecule is COc1ccccc1NC(=O)COc1nc(-c2ccccc2)c2c(c1C#N)CCC2. The van der Waals surface area contributed by atoms with Crippen molar-refractivity contribution < 1.29 is 14.3 Å². The molecule has 150 valence electrons. The third-order valence-corrected chi connectivity index (χ3v) is 5.11. The summed E-state index contributed by atoms with van der Waals surface area (Å²) in [5, 5.41) is 12.5. The summed E-state index contributed by atoms with van der Waals surface area (Å²) in [7, 11) is 1.54. The van der Waals surface area contributed by atoms with Crippen LogP contribution in [-0.4, -0.2) is 24.6 Å². The van der Waals surface area contributed by atoms with Crippen molar-refractivity contribution >= 4 is 11.6 Å². The summed E-state index contributed by atoms with van der Waals surface area (Å²) in [6.45, 7) is -0.257. The second-order valence-corrected chi connectivity index (χ2v) is 6.97. The lowest BCUT2D eigenvalue weighted by molar-refractivity contribution is -0.118. The van der Waals surface area contributed by atoms with E-state index in [-0.39, 0.29) is 18.4 Å². The first kappa shape index (κ1) is 19.5. The minimum atomic E-state index is -0.355. The van der Waals surface area contributed by atoms with Gasteiger partial charge in [0.15, 0.2) is 6.61 Å². The fraction of sp³-hybridized carbons (Fsp3) is 0.208. The van der Waals surface area contributed by atoms with E-state index in [4.69, 9.17) is 9.47 Å². The maximum absolute atomic E-state index is 12.4. The highest BCUT2D eigenvalue weighted by atomic mass is 16.5. The number of nitrogens with zero attached hydrogens (tertiary/aromatic N) is 2. The van der Waals surface area contributed by atoms with Crippen LogP contribution < -0.4 is 14.8 Å². The molecule has 4 rings (SSSR count). The fourth-order valence-corrected chi connectivity index (χ4v) is 3.76. The third-order valence-electron chi connectivity index (χ3n) is 5.11. The van der Waals surface area contributed by atoms with Crippen molar-refractivity contribution in [3.63, 3.8) is 0 Å². The highest BCUT2D eigenvalue weighted by Gasteiger charge is 2.25. The minimum Gasteiger partial charge on any atom is -0.495 e. The van der Waals surface area contributed by atoms with Gasteiger partial charge in [-0.2, -0.15) is 5.26 Å². The number of rotatable bonds is 6.